The van der Waals surface area contributed by atoms with E-state index in [4.69, 9.17) is 5.11 Å². The molecular weight excluding hydrogens is 364 g/mol. The standard InChI is InChI=1S/C12H11BrN2O3S2/c1-6(12(17)18)15(2)11(16)7-5-19-10(14-7)8-3-4-9(13)20-8/h3-6H,1-2H3,(H,17,18). The van der Waals surface area contributed by atoms with Crippen LogP contribution in [0.5, 0.6) is 0 Å². The number of carbonyl (C=O) groups is 2. The van der Waals surface area contributed by atoms with Gasteiger partial charge in [-0.25, -0.2) is 9.78 Å². The number of carboxylic acid groups (broad SMARTS) is 1. The van der Waals surface area contributed by atoms with Crippen molar-refractivity contribution in [3.8, 4) is 9.88 Å². The first kappa shape index (κ1) is 15.1. The molecule has 0 fully saturated rings. The smallest absolute Gasteiger partial charge is 0.326 e. The van der Waals surface area contributed by atoms with Gasteiger partial charge < -0.3 is 10.0 Å². The summed E-state index contributed by atoms with van der Waals surface area (Å²) < 4.78 is 0.993. The van der Waals surface area contributed by atoms with Gasteiger partial charge in [-0.15, -0.1) is 22.7 Å². The lowest BCUT2D eigenvalue weighted by atomic mass is 10.3. The summed E-state index contributed by atoms with van der Waals surface area (Å²) in [7, 11) is 1.46. The van der Waals surface area contributed by atoms with Gasteiger partial charge in [-0.2, -0.15) is 0 Å². The second-order valence-electron chi connectivity index (χ2n) is 4.07. The van der Waals surface area contributed by atoms with Crippen LogP contribution in [0.2, 0.25) is 0 Å². The summed E-state index contributed by atoms with van der Waals surface area (Å²) in [5.74, 6) is -1.43. The number of amides is 1. The first-order valence-corrected chi connectivity index (χ1v) is 8.10. The van der Waals surface area contributed by atoms with Gasteiger partial charge in [-0.3, -0.25) is 4.79 Å². The molecule has 0 radical (unpaired) electrons. The number of aliphatic carboxylic acids is 1. The van der Waals surface area contributed by atoms with Gasteiger partial charge in [0, 0.05) is 12.4 Å². The Morgan fingerprint density at radius 3 is 2.70 bits per heavy atom. The van der Waals surface area contributed by atoms with Crippen LogP contribution in [0.15, 0.2) is 21.3 Å². The Hall–Kier alpha value is -1.25. The molecule has 20 heavy (non-hydrogen) atoms. The molecular formula is C12H11BrN2O3S2. The minimum atomic E-state index is -1.04. The summed E-state index contributed by atoms with van der Waals surface area (Å²) >= 11 is 6.27. The van der Waals surface area contributed by atoms with Crippen LogP contribution in [-0.2, 0) is 4.79 Å². The predicted molar refractivity (Wildman–Crippen MR) is 82.3 cm³/mol. The molecule has 0 saturated carbocycles. The van der Waals surface area contributed by atoms with Crippen molar-refractivity contribution in [1.29, 1.82) is 0 Å². The van der Waals surface area contributed by atoms with Crippen LogP contribution in [0.4, 0.5) is 0 Å². The number of thiophene rings is 1. The lowest BCUT2D eigenvalue weighted by Crippen LogP contribution is -2.40. The van der Waals surface area contributed by atoms with E-state index in [-0.39, 0.29) is 5.69 Å². The zero-order valence-electron chi connectivity index (χ0n) is 10.7. The average molecular weight is 375 g/mol. The highest BCUT2D eigenvalue weighted by atomic mass is 79.9. The molecule has 106 valence electrons. The highest BCUT2D eigenvalue weighted by Crippen LogP contribution is 2.33. The molecule has 0 aliphatic carbocycles. The van der Waals surface area contributed by atoms with Gasteiger partial charge in [-0.1, -0.05) is 0 Å². The Balaban J connectivity index is 2.20. The molecule has 1 unspecified atom stereocenters. The molecule has 0 aliphatic rings. The molecule has 2 aromatic heterocycles. The van der Waals surface area contributed by atoms with Gasteiger partial charge in [0.25, 0.3) is 5.91 Å². The number of nitrogens with zero attached hydrogens (tertiary/aromatic N) is 2. The van der Waals surface area contributed by atoms with E-state index in [0.29, 0.717) is 0 Å². The Bertz CT molecular complexity index is 653. The lowest BCUT2D eigenvalue weighted by molar-refractivity contribution is -0.141. The minimum Gasteiger partial charge on any atom is -0.480 e. The van der Waals surface area contributed by atoms with E-state index in [9.17, 15) is 9.59 Å². The molecule has 2 aromatic rings. The monoisotopic (exact) mass is 374 g/mol. The number of thiazole rings is 1. The molecule has 5 nitrogen and oxygen atoms in total. The van der Waals surface area contributed by atoms with E-state index in [1.165, 1.54) is 41.5 Å². The summed E-state index contributed by atoms with van der Waals surface area (Å²) in [6.45, 7) is 1.46. The van der Waals surface area contributed by atoms with Gasteiger partial charge in [0.2, 0.25) is 0 Å². The van der Waals surface area contributed by atoms with Gasteiger partial charge in [0.05, 0.1) is 8.66 Å². The van der Waals surface area contributed by atoms with Crippen molar-refractivity contribution in [3.63, 3.8) is 0 Å². The van der Waals surface area contributed by atoms with E-state index in [2.05, 4.69) is 20.9 Å². The SMILES string of the molecule is CC(C(=O)O)N(C)C(=O)c1csc(-c2ccc(Br)s2)n1. The molecule has 1 amide bonds. The maximum atomic E-state index is 12.1. The first-order valence-electron chi connectivity index (χ1n) is 5.61. The van der Waals surface area contributed by atoms with Crippen molar-refractivity contribution in [2.24, 2.45) is 0 Å². The zero-order chi connectivity index (χ0) is 14.9. The van der Waals surface area contributed by atoms with E-state index in [0.717, 1.165) is 13.7 Å². The number of carboxylic acids is 1. The Kier molecular flexibility index (Phi) is 4.56. The van der Waals surface area contributed by atoms with Gasteiger partial charge in [0.15, 0.2) is 0 Å². The van der Waals surface area contributed by atoms with Crippen molar-refractivity contribution in [3.05, 3.63) is 27.0 Å². The number of hydrogen-bond donors (Lipinski definition) is 1. The Morgan fingerprint density at radius 2 is 2.15 bits per heavy atom. The normalized spacial score (nSPS) is 12.2. The van der Waals surface area contributed by atoms with E-state index in [1.807, 2.05) is 12.1 Å². The van der Waals surface area contributed by atoms with Gasteiger partial charge >= 0.3 is 5.97 Å². The molecule has 2 rings (SSSR count). The maximum absolute atomic E-state index is 12.1. The maximum Gasteiger partial charge on any atom is 0.326 e. The second kappa shape index (κ2) is 6.02. The lowest BCUT2D eigenvalue weighted by Gasteiger charge is -2.20. The fourth-order valence-corrected chi connectivity index (χ4v) is 3.69. The van der Waals surface area contributed by atoms with Crippen molar-refractivity contribution in [1.82, 2.24) is 9.88 Å². The van der Waals surface area contributed by atoms with Crippen LogP contribution >= 0.6 is 38.6 Å². The number of rotatable bonds is 4. The van der Waals surface area contributed by atoms with Crippen LogP contribution in [0, 0.1) is 0 Å². The minimum absolute atomic E-state index is 0.269. The van der Waals surface area contributed by atoms with Crippen LogP contribution in [-0.4, -0.2) is 40.0 Å². The average Bonchev–Trinajstić information content (AvgIpc) is 3.04. The molecule has 2 heterocycles. The van der Waals surface area contributed by atoms with Gasteiger partial charge in [-0.05, 0) is 35.0 Å². The molecule has 0 spiro atoms. The molecule has 0 aromatic carbocycles. The fraction of sp³-hybridized carbons (Fsp3) is 0.250. The number of carbonyl (C=O) groups excluding carboxylic acids is 1. The van der Waals surface area contributed by atoms with Crippen molar-refractivity contribution < 1.29 is 14.7 Å². The quantitative estimate of drug-likeness (QED) is 0.891. The number of hydrogen-bond acceptors (Lipinski definition) is 5. The second-order valence-corrected chi connectivity index (χ2v) is 7.39. The third-order valence-electron chi connectivity index (χ3n) is 2.77. The van der Waals surface area contributed by atoms with Gasteiger partial charge in [0.1, 0.15) is 16.7 Å². The molecule has 1 atom stereocenters. The van der Waals surface area contributed by atoms with Crippen LogP contribution < -0.4 is 0 Å². The van der Waals surface area contributed by atoms with Crippen LogP contribution in [0.1, 0.15) is 17.4 Å². The zero-order valence-corrected chi connectivity index (χ0v) is 13.9. The largest absolute Gasteiger partial charge is 0.480 e. The fourth-order valence-electron chi connectivity index (χ4n) is 1.44. The van der Waals surface area contributed by atoms with E-state index < -0.39 is 17.9 Å². The summed E-state index contributed by atoms with van der Waals surface area (Å²) in [5.41, 5.74) is 0.269. The summed E-state index contributed by atoms with van der Waals surface area (Å²) in [4.78, 5) is 29.5. The first-order chi connectivity index (χ1) is 9.40. The topological polar surface area (TPSA) is 70.5 Å². The number of halogens is 1. The molecule has 8 heteroatoms. The highest BCUT2D eigenvalue weighted by Gasteiger charge is 2.24. The van der Waals surface area contributed by atoms with Crippen LogP contribution in [0.3, 0.4) is 0 Å². The van der Waals surface area contributed by atoms with E-state index in [1.54, 1.807) is 5.38 Å². The van der Waals surface area contributed by atoms with Crippen molar-refractivity contribution in [2.75, 3.05) is 7.05 Å². The Morgan fingerprint density at radius 1 is 1.45 bits per heavy atom. The third-order valence-corrected chi connectivity index (χ3v) is 5.40. The summed E-state index contributed by atoms with van der Waals surface area (Å²) in [6, 6.07) is 2.95. The van der Waals surface area contributed by atoms with Crippen molar-refractivity contribution in [2.45, 2.75) is 13.0 Å². The van der Waals surface area contributed by atoms with Crippen LogP contribution in [0.25, 0.3) is 9.88 Å². The third kappa shape index (κ3) is 3.08. The number of aromatic nitrogens is 1. The number of likely N-dealkylation sites (N-methyl/N-ethyl adjacent to an activating group) is 1. The molecule has 0 aliphatic heterocycles. The molecule has 0 bridgehead atoms. The highest BCUT2D eigenvalue weighted by molar-refractivity contribution is 9.11. The Labute approximate surface area is 132 Å². The molecule has 1 N–H and O–H groups in total. The summed E-state index contributed by atoms with van der Waals surface area (Å²) in [6.07, 6.45) is 0. The predicted octanol–water partition coefficient (Wildman–Crippen LogP) is 3.18. The summed E-state index contributed by atoms with van der Waals surface area (Å²) in [5, 5.41) is 11.3. The van der Waals surface area contributed by atoms with E-state index >= 15 is 0 Å². The van der Waals surface area contributed by atoms with Crippen molar-refractivity contribution >= 4 is 50.5 Å². The molecule has 0 saturated heterocycles.